The fraction of sp³-hybridized carbons (Fsp3) is 0.520. The molecule has 0 saturated carbocycles. The van der Waals surface area contributed by atoms with Gasteiger partial charge in [-0.05, 0) is 43.2 Å². The van der Waals surface area contributed by atoms with Gasteiger partial charge in [0.25, 0.3) is 11.5 Å². The zero-order valence-corrected chi connectivity index (χ0v) is 19.3. The van der Waals surface area contributed by atoms with Crippen LogP contribution in [0.2, 0.25) is 0 Å². The molecule has 1 unspecified atom stereocenters. The number of aryl methyl sites for hydroxylation is 1. The minimum absolute atomic E-state index is 0.134. The van der Waals surface area contributed by atoms with Crippen molar-refractivity contribution in [3.05, 3.63) is 64.1 Å². The summed E-state index contributed by atoms with van der Waals surface area (Å²) in [6.07, 6.45) is 4.17. The lowest BCUT2D eigenvalue weighted by atomic mass is 9.92. The zero-order chi connectivity index (χ0) is 23.2. The highest BCUT2D eigenvalue weighted by Gasteiger charge is 2.27. The summed E-state index contributed by atoms with van der Waals surface area (Å²) in [4.78, 5) is 40.8. The predicted molar refractivity (Wildman–Crippen MR) is 126 cm³/mol. The largest absolute Gasteiger partial charge is 0.352 e. The van der Waals surface area contributed by atoms with Crippen LogP contribution >= 0.6 is 0 Å². The molecule has 2 fully saturated rings. The van der Waals surface area contributed by atoms with Crippen LogP contribution in [0.25, 0.3) is 0 Å². The van der Waals surface area contributed by atoms with Crippen molar-refractivity contribution >= 4 is 11.8 Å². The Hall–Kier alpha value is -3.00. The molecule has 1 atom stereocenters. The van der Waals surface area contributed by atoms with Crippen molar-refractivity contribution in [3.63, 3.8) is 0 Å². The van der Waals surface area contributed by atoms with Gasteiger partial charge < -0.3 is 10.2 Å². The van der Waals surface area contributed by atoms with E-state index in [9.17, 15) is 14.4 Å². The first kappa shape index (κ1) is 23.2. The molecule has 1 N–H and O–H groups in total. The monoisotopic (exact) mass is 451 g/mol. The van der Waals surface area contributed by atoms with E-state index in [1.807, 2.05) is 6.07 Å². The molecule has 1 aromatic heterocycles. The van der Waals surface area contributed by atoms with Crippen LogP contribution in [0.4, 0.5) is 0 Å². The number of carbonyl (C=O) groups is 2. The van der Waals surface area contributed by atoms with E-state index in [-0.39, 0.29) is 23.4 Å². The molecule has 2 saturated heterocycles. The third-order valence-electron chi connectivity index (χ3n) is 6.75. The van der Waals surface area contributed by atoms with Crippen LogP contribution in [-0.4, -0.2) is 63.6 Å². The first-order valence-electron chi connectivity index (χ1n) is 11.9. The zero-order valence-electron chi connectivity index (χ0n) is 19.3. The summed E-state index contributed by atoms with van der Waals surface area (Å²) in [7, 11) is 1.54. The number of nitrogens with zero attached hydrogens (tertiary/aromatic N) is 4. The predicted octanol–water partition coefficient (Wildman–Crippen LogP) is 1.80. The minimum Gasteiger partial charge on any atom is -0.352 e. The molecule has 33 heavy (non-hydrogen) atoms. The quantitative estimate of drug-likeness (QED) is 0.694. The fourth-order valence-corrected chi connectivity index (χ4v) is 4.77. The molecule has 2 amide bonds. The molecule has 0 bridgehead atoms. The minimum atomic E-state index is -0.231. The molecule has 0 spiro atoms. The van der Waals surface area contributed by atoms with Crippen molar-refractivity contribution in [1.29, 1.82) is 0 Å². The maximum atomic E-state index is 12.7. The first-order valence-corrected chi connectivity index (χ1v) is 11.9. The number of rotatable bonds is 7. The number of hydrogen-bond acceptors (Lipinski definition) is 5. The summed E-state index contributed by atoms with van der Waals surface area (Å²) in [5, 5.41) is 7.27. The molecular formula is C25H33N5O3. The highest BCUT2D eigenvalue weighted by molar-refractivity contribution is 5.92. The molecule has 2 aliphatic heterocycles. The number of benzene rings is 1. The first-order chi connectivity index (χ1) is 16.0. The van der Waals surface area contributed by atoms with Crippen molar-refractivity contribution in [2.75, 3.05) is 26.2 Å². The van der Waals surface area contributed by atoms with E-state index in [0.717, 1.165) is 45.3 Å². The average Bonchev–Trinajstić information content (AvgIpc) is 3.26. The number of carbonyl (C=O) groups excluding carboxylic acids is 2. The number of likely N-dealkylation sites (tertiary alicyclic amines) is 2. The summed E-state index contributed by atoms with van der Waals surface area (Å²) in [5.41, 5.74) is 1.37. The maximum Gasteiger partial charge on any atom is 0.274 e. The van der Waals surface area contributed by atoms with Gasteiger partial charge in [-0.15, -0.1) is 0 Å². The molecule has 2 aliphatic rings. The Balaban J connectivity index is 1.15. The molecule has 176 valence electrons. The van der Waals surface area contributed by atoms with E-state index in [2.05, 4.69) is 39.6 Å². The van der Waals surface area contributed by atoms with Gasteiger partial charge in [-0.3, -0.25) is 19.3 Å². The molecule has 0 aliphatic carbocycles. The molecule has 8 nitrogen and oxygen atoms in total. The molecule has 4 rings (SSSR count). The lowest BCUT2D eigenvalue weighted by Gasteiger charge is -2.31. The second kappa shape index (κ2) is 10.7. The number of aromatic nitrogens is 2. The molecule has 1 aromatic carbocycles. The number of hydrogen-bond donors (Lipinski definition) is 1. The van der Waals surface area contributed by atoms with Crippen molar-refractivity contribution in [3.8, 4) is 0 Å². The van der Waals surface area contributed by atoms with Gasteiger partial charge in [0, 0.05) is 58.3 Å². The van der Waals surface area contributed by atoms with Crippen molar-refractivity contribution in [1.82, 2.24) is 24.9 Å². The summed E-state index contributed by atoms with van der Waals surface area (Å²) in [6.45, 7) is 4.16. The van der Waals surface area contributed by atoms with E-state index in [4.69, 9.17) is 0 Å². The second-order valence-electron chi connectivity index (χ2n) is 9.23. The van der Waals surface area contributed by atoms with E-state index in [1.165, 1.54) is 22.4 Å². The third kappa shape index (κ3) is 6.28. The summed E-state index contributed by atoms with van der Waals surface area (Å²) in [5.74, 6) is 0.448. The van der Waals surface area contributed by atoms with Crippen LogP contribution in [0.1, 0.15) is 48.2 Å². The van der Waals surface area contributed by atoms with Crippen molar-refractivity contribution in [2.24, 2.45) is 13.0 Å². The fourth-order valence-electron chi connectivity index (χ4n) is 4.77. The van der Waals surface area contributed by atoms with Gasteiger partial charge in [0.1, 0.15) is 5.69 Å². The summed E-state index contributed by atoms with van der Waals surface area (Å²) in [6, 6.07) is 13.5. The van der Waals surface area contributed by atoms with Gasteiger partial charge in [-0.1, -0.05) is 30.3 Å². The molecule has 0 radical (unpaired) electrons. The Morgan fingerprint density at radius 2 is 1.79 bits per heavy atom. The molecule has 8 heteroatoms. The topological polar surface area (TPSA) is 87.5 Å². The van der Waals surface area contributed by atoms with Crippen LogP contribution in [0.15, 0.2) is 47.3 Å². The Morgan fingerprint density at radius 1 is 1.03 bits per heavy atom. The number of nitrogens with one attached hydrogen (secondary N) is 1. The highest BCUT2D eigenvalue weighted by atomic mass is 16.2. The maximum absolute atomic E-state index is 12.7. The van der Waals surface area contributed by atoms with Crippen molar-refractivity contribution in [2.45, 2.75) is 44.7 Å². The Morgan fingerprint density at radius 3 is 2.52 bits per heavy atom. The normalized spacial score (nSPS) is 19.5. The van der Waals surface area contributed by atoms with Crippen LogP contribution < -0.4 is 10.9 Å². The Kier molecular flexibility index (Phi) is 7.54. The van der Waals surface area contributed by atoms with E-state index < -0.39 is 0 Å². The second-order valence-corrected chi connectivity index (χ2v) is 9.23. The summed E-state index contributed by atoms with van der Waals surface area (Å²) >= 11 is 0. The summed E-state index contributed by atoms with van der Waals surface area (Å²) < 4.78 is 1.18. The van der Waals surface area contributed by atoms with Gasteiger partial charge in [0.15, 0.2) is 0 Å². The van der Waals surface area contributed by atoms with Gasteiger partial charge >= 0.3 is 0 Å². The Bertz CT molecular complexity index is 1010. The van der Waals surface area contributed by atoms with Gasteiger partial charge in [-0.2, -0.15) is 5.10 Å². The lowest BCUT2D eigenvalue weighted by Crippen LogP contribution is -2.40. The van der Waals surface area contributed by atoms with E-state index in [1.54, 1.807) is 11.9 Å². The lowest BCUT2D eigenvalue weighted by molar-refractivity contribution is -0.122. The number of amides is 2. The van der Waals surface area contributed by atoms with Crippen LogP contribution in [0, 0.1) is 5.92 Å². The molecule has 3 heterocycles. The third-order valence-corrected chi connectivity index (χ3v) is 6.75. The Labute approximate surface area is 194 Å². The SMILES string of the molecule is Cn1nc(C(=O)N2CCC(CCC(=O)NC3CCN(Cc4ccccc4)C3)CC2)ccc1=O. The van der Waals surface area contributed by atoms with Crippen LogP contribution in [0.3, 0.4) is 0 Å². The van der Waals surface area contributed by atoms with Crippen LogP contribution in [0.5, 0.6) is 0 Å². The van der Waals surface area contributed by atoms with Gasteiger partial charge in [-0.25, -0.2) is 4.68 Å². The van der Waals surface area contributed by atoms with Crippen LogP contribution in [-0.2, 0) is 18.4 Å². The van der Waals surface area contributed by atoms with Gasteiger partial charge in [0.05, 0.1) is 0 Å². The molecular weight excluding hydrogens is 418 g/mol. The average molecular weight is 452 g/mol. The van der Waals surface area contributed by atoms with E-state index >= 15 is 0 Å². The smallest absolute Gasteiger partial charge is 0.274 e. The molecule has 2 aromatic rings. The van der Waals surface area contributed by atoms with E-state index in [0.29, 0.717) is 31.1 Å². The highest BCUT2D eigenvalue weighted by Crippen LogP contribution is 2.23. The van der Waals surface area contributed by atoms with Crippen molar-refractivity contribution < 1.29 is 9.59 Å². The number of piperidine rings is 1. The standard InChI is InChI=1S/C25H33N5O3/c1-28-24(32)10-8-22(27-28)25(33)30-15-11-19(12-16-30)7-9-23(31)26-21-13-14-29(18-21)17-20-5-3-2-4-6-20/h2-6,8,10,19,21H,7,9,11-18H2,1H3,(H,26,31). The van der Waals surface area contributed by atoms with Gasteiger partial charge in [0.2, 0.25) is 5.91 Å².